The lowest BCUT2D eigenvalue weighted by Gasteiger charge is -2.22. The number of fused-ring (bicyclic) bond motifs is 1. The average Bonchev–Trinajstić information content (AvgIpc) is 3.42. The second-order valence-electron chi connectivity index (χ2n) is 7.98. The number of hydrogen-bond acceptors (Lipinski definition) is 6. The molecule has 2 aliphatic heterocycles. The second kappa shape index (κ2) is 6.99. The van der Waals surface area contributed by atoms with E-state index >= 15 is 0 Å². The molecular formula is C22H23N5O2. The summed E-state index contributed by atoms with van der Waals surface area (Å²) in [5.74, 6) is 2.14. The summed E-state index contributed by atoms with van der Waals surface area (Å²) in [6.07, 6.45) is 1.35. The summed E-state index contributed by atoms with van der Waals surface area (Å²) in [7, 11) is 0. The highest BCUT2D eigenvalue weighted by atomic mass is 16.3. The van der Waals surface area contributed by atoms with Crippen LogP contribution < -0.4 is 4.90 Å². The Labute approximate surface area is 169 Å². The number of likely N-dealkylation sites (tertiary alicyclic amines) is 1. The van der Waals surface area contributed by atoms with Gasteiger partial charge in [-0.2, -0.15) is 0 Å². The molecule has 0 spiro atoms. The van der Waals surface area contributed by atoms with Crippen LogP contribution in [0.1, 0.15) is 21.9 Å². The van der Waals surface area contributed by atoms with E-state index in [1.165, 1.54) is 6.39 Å². The first kappa shape index (κ1) is 17.8. The highest BCUT2D eigenvalue weighted by Gasteiger charge is 2.43. The number of benzene rings is 1. The zero-order chi connectivity index (χ0) is 20.0. The van der Waals surface area contributed by atoms with Crippen molar-refractivity contribution in [2.45, 2.75) is 13.8 Å². The van der Waals surface area contributed by atoms with Gasteiger partial charge in [0, 0.05) is 55.0 Å². The summed E-state index contributed by atoms with van der Waals surface area (Å²) in [6.45, 7) is 7.20. The Bertz CT molecular complexity index is 1010. The molecule has 2 unspecified atom stereocenters. The molecule has 0 radical (unpaired) electrons. The van der Waals surface area contributed by atoms with Crippen LogP contribution in [0.3, 0.4) is 0 Å². The molecule has 0 aliphatic carbocycles. The van der Waals surface area contributed by atoms with E-state index in [0.717, 1.165) is 49.1 Å². The minimum atomic E-state index is -0.0544. The van der Waals surface area contributed by atoms with Gasteiger partial charge < -0.3 is 14.2 Å². The Morgan fingerprint density at radius 2 is 1.66 bits per heavy atom. The van der Waals surface area contributed by atoms with Gasteiger partial charge in [0.1, 0.15) is 0 Å². The van der Waals surface area contributed by atoms with E-state index in [4.69, 9.17) is 4.42 Å². The van der Waals surface area contributed by atoms with Crippen molar-refractivity contribution < 1.29 is 9.21 Å². The first-order valence-electron chi connectivity index (χ1n) is 9.94. The molecule has 2 atom stereocenters. The lowest BCUT2D eigenvalue weighted by molar-refractivity contribution is 0.0777. The standard InChI is InChI=1S/C22H23N5O2/c1-14-8-15(2)25-22(24-14)27-11-17-9-26(10-18(17)12-27)21(28)19-20(29-13-23-19)16-6-4-3-5-7-16/h3-8,13,17-18H,9-12H2,1-2H3. The Balaban J connectivity index is 1.30. The molecule has 7 nitrogen and oxygen atoms in total. The lowest BCUT2D eigenvalue weighted by Crippen LogP contribution is -2.34. The largest absolute Gasteiger partial charge is 0.443 e. The van der Waals surface area contributed by atoms with Gasteiger partial charge in [-0.3, -0.25) is 4.79 Å². The van der Waals surface area contributed by atoms with Gasteiger partial charge in [0.2, 0.25) is 5.95 Å². The van der Waals surface area contributed by atoms with Crippen molar-refractivity contribution in [3.63, 3.8) is 0 Å². The quantitative estimate of drug-likeness (QED) is 0.686. The van der Waals surface area contributed by atoms with Crippen LogP contribution in [0.25, 0.3) is 11.3 Å². The molecule has 3 aromatic rings. The SMILES string of the molecule is Cc1cc(C)nc(N2CC3CN(C(=O)c4ncoc4-c4ccccc4)CC3C2)n1. The van der Waals surface area contributed by atoms with Crippen LogP contribution in [-0.4, -0.2) is 51.9 Å². The molecule has 0 N–H and O–H groups in total. The molecule has 2 saturated heterocycles. The molecule has 1 aromatic carbocycles. The number of carbonyl (C=O) groups is 1. The number of carbonyl (C=O) groups excluding carboxylic acids is 1. The smallest absolute Gasteiger partial charge is 0.276 e. The molecule has 7 heteroatoms. The highest BCUT2D eigenvalue weighted by Crippen LogP contribution is 2.34. The van der Waals surface area contributed by atoms with Crippen LogP contribution in [0.5, 0.6) is 0 Å². The second-order valence-corrected chi connectivity index (χ2v) is 7.98. The molecule has 2 fully saturated rings. The third kappa shape index (κ3) is 3.26. The molecule has 29 heavy (non-hydrogen) atoms. The van der Waals surface area contributed by atoms with E-state index in [9.17, 15) is 4.79 Å². The third-order valence-corrected chi connectivity index (χ3v) is 5.83. The van der Waals surface area contributed by atoms with Crippen LogP contribution in [0, 0.1) is 25.7 Å². The number of oxazole rings is 1. The van der Waals surface area contributed by atoms with Crippen LogP contribution in [0.15, 0.2) is 47.2 Å². The molecule has 0 saturated carbocycles. The fourth-order valence-corrected chi connectivity index (χ4v) is 4.51. The summed E-state index contributed by atoms with van der Waals surface area (Å²) in [6, 6.07) is 11.6. The number of hydrogen-bond donors (Lipinski definition) is 0. The van der Waals surface area contributed by atoms with Gasteiger partial charge in [0.25, 0.3) is 5.91 Å². The van der Waals surface area contributed by atoms with Gasteiger partial charge in [-0.25, -0.2) is 15.0 Å². The van der Waals surface area contributed by atoms with Crippen LogP contribution >= 0.6 is 0 Å². The Hall–Kier alpha value is -3.22. The highest BCUT2D eigenvalue weighted by molar-refractivity contribution is 5.97. The molecule has 2 aromatic heterocycles. The van der Waals surface area contributed by atoms with E-state index in [1.807, 2.05) is 55.1 Å². The normalized spacial score (nSPS) is 20.9. The van der Waals surface area contributed by atoms with E-state index in [1.54, 1.807) is 0 Å². The predicted octanol–water partition coefficient (Wildman–Crippen LogP) is 2.96. The molecular weight excluding hydrogens is 366 g/mol. The monoisotopic (exact) mass is 389 g/mol. The zero-order valence-corrected chi connectivity index (χ0v) is 16.6. The topological polar surface area (TPSA) is 75.4 Å². The maximum absolute atomic E-state index is 13.1. The molecule has 0 bridgehead atoms. The minimum absolute atomic E-state index is 0.0544. The molecule has 148 valence electrons. The van der Waals surface area contributed by atoms with Gasteiger partial charge in [0.05, 0.1) is 0 Å². The van der Waals surface area contributed by atoms with Gasteiger partial charge >= 0.3 is 0 Å². The maximum Gasteiger partial charge on any atom is 0.276 e. The zero-order valence-electron chi connectivity index (χ0n) is 16.6. The fourth-order valence-electron chi connectivity index (χ4n) is 4.51. The molecule has 1 amide bonds. The molecule has 4 heterocycles. The van der Waals surface area contributed by atoms with Crippen molar-refractivity contribution >= 4 is 11.9 Å². The summed E-state index contributed by atoms with van der Waals surface area (Å²) >= 11 is 0. The number of anilines is 1. The van der Waals surface area contributed by atoms with Crippen molar-refractivity contribution in [1.29, 1.82) is 0 Å². The van der Waals surface area contributed by atoms with Crippen LogP contribution in [0.2, 0.25) is 0 Å². The molecule has 5 rings (SSSR count). The van der Waals surface area contributed by atoms with Gasteiger partial charge in [-0.1, -0.05) is 30.3 Å². The maximum atomic E-state index is 13.1. The van der Waals surface area contributed by atoms with Crippen molar-refractivity contribution in [3.05, 3.63) is 59.9 Å². The van der Waals surface area contributed by atoms with Crippen molar-refractivity contribution in [2.75, 3.05) is 31.1 Å². The van der Waals surface area contributed by atoms with E-state index < -0.39 is 0 Å². The average molecular weight is 389 g/mol. The van der Waals surface area contributed by atoms with Crippen LogP contribution in [-0.2, 0) is 0 Å². The Morgan fingerprint density at radius 1 is 1.00 bits per heavy atom. The number of aryl methyl sites for hydroxylation is 2. The van der Waals surface area contributed by atoms with Gasteiger partial charge in [0.15, 0.2) is 17.8 Å². The Kier molecular flexibility index (Phi) is 4.30. The van der Waals surface area contributed by atoms with Crippen molar-refractivity contribution in [3.8, 4) is 11.3 Å². The first-order valence-corrected chi connectivity index (χ1v) is 9.94. The van der Waals surface area contributed by atoms with E-state index in [0.29, 0.717) is 23.3 Å². The summed E-state index contributed by atoms with van der Waals surface area (Å²) < 4.78 is 5.54. The van der Waals surface area contributed by atoms with Crippen molar-refractivity contribution in [1.82, 2.24) is 19.9 Å². The van der Waals surface area contributed by atoms with Crippen molar-refractivity contribution in [2.24, 2.45) is 11.8 Å². The number of amides is 1. The summed E-state index contributed by atoms with van der Waals surface area (Å²) in [5, 5.41) is 0. The number of rotatable bonds is 3. The lowest BCUT2D eigenvalue weighted by atomic mass is 10.0. The van der Waals surface area contributed by atoms with Gasteiger partial charge in [-0.05, 0) is 19.9 Å². The van der Waals surface area contributed by atoms with E-state index in [2.05, 4.69) is 19.9 Å². The Morgan fingerprint density at radius 3 is 2.31 bits per heavy atom. The van der Waals surface area contributed by atoms with E-state index in [-0.39, 0.29) is 5.91 Å². The minimum Gasteiger partial charge on any atom is -0.443 e. The predicted molar refractivity (Wildman–Crippen MR) is 109 cm³/mol. The number of nitrogens with zero attached hydrogens (tertiary/aromatic N) is 5. The number of aromatic nitrogens is 3. The van der Waals surface area contributed by atoms with Crippen LogP contribution in [0.4, 0.5) is 5.95 Å². The van der Waals surface area contributed by atoms with Gasteiger partial charge in [-0.15, -0.1) is 0 Å². The first-order chi connectivity index (χ1) is 14.1. The molecule has 2 aliphatic rings. The summed E-state index contributed by atoms with van der Waals surface area (Å²) in [5.41, 5.74) is 3.23. The fraction of sp³-hybridized carbons (Fsp3) is 0.364. The summed E-state index contributed by atoms with van der Waals surface area (Å²) in [4.78, 5) is 30.7. The third-order valence-electron chi connectivity index (χ3n) is 5.83.